The van der Waals surface area contributed by atoms with Crippen LogP contribution in [0.1, 0.15) is 37.9 Å². The number of rotatable bonds is 6. The largest absolute Gasteiger partial charge is 0.459 e. The van der Waals surface area contributed by atoms with Crippen molar-refractivity contribution in [3.05, 3.63) is 57.2 Å². The van der Waals surface area contributed by atoms with Crippen molar-refractivity contribution in [1.82, 2.24) is 4.98 Å². The molecule has 3 rings (SSSR count). The number of carbonyl (C=O) groups excluding carboxylic acids is 2. The van der Waals surface area contributed by atoms with Crippen molar-refractivity contribution in [1.29, 1.82) is 0 Å². The van der Waals surface area contributed by atoms with Crippen LogP contribution in [0.3, 0.4) is 0 Å². The van der Waals surface area contributed by atoms with Gasteiger partial charge in [0.05, 0.1) is 22.0 Å². The number of anilines is 1. The molecule has 0 aliphatic rings. The van der Waals surface area contributed by atoms with E-state index >= 15 is 0 Å². The minimum atomic E-state index is -0.440. The van der Waals surface area contributed by atoms with Gasteiger partial charge in [0.1, 0.15) is 11.5 Å². The molecule has 0 spiro atoms. The van der Waals surface area contributed by atoms with Crippen LogP contribution in [0.5, 0.6) is 0 Å². The molecule has 0 atom stereocenters. The number of ether oxygens (including phenoxy) is 1. The first-order valence-corrected chi connectivity index (χ1v) is 8.90. The van der Waals surface area contributed by atoms with E-state index in [2.05, 4.69) is 10.3 Å². The first-order chi connectivity index (χ1) is 11.7. The van der Waals surface area contributed by atoms with Gasteiger partial charge in [0.25, 0.3) is 5.91 Å². The number of nitrogens with one attached hydrogen (secondary N) is 1. The zero-order chi connectivity index (χ0) is 16.9. The molecule has 0 radical (unpaired) electrons. The van der Waals surface area contributed by atoms with Crippen molar-refractivity contribution in [2.45, 2.75) is 20.0 Å². The maximum absolute atomic E-state index is 12.1. The Kier molecular flexibility index (Phi) is 5.07. The van der Waals surface area contributed by atoms with Gasteiger partial charge in [-0.3, -0.25) is 4.79 Å². The average molecular weight is 362 g/mol. The van der Waals surface area contributed by atoms with E-state index in [-0.39, 0.29) is 18.3 Å². The van der Waals surface area contributed by atoms with E-state index < -0.39 is 5.97 Å². The van der Waals surface area contributed by atoms with Gasteiger partial charge in [0.15, 0.2) is 5.76 Å². The molecule has 124 valence electrons. The summed E-state index contributed by atoms with van der Waals surface area (Å²) in [5.74, 6) is -0.594. The van der Waals surface area contributed by atoms with Gasteiger partial charge in [-0.25, -0.2) is 9.78 Å². The number of furan rings is 1. The van der Waals surface area contributed by atoms with Crippen molar-refractivity contribution in [2.75, 3.05) is 5.32 Å². The van der Waals surface area contributed by atoms with Gasteiger partial charge in [-0.05, 0) is 30.7 Å². The molecule has 0 fully saturated rings. The number of aryl methyl sites for hydroxylation is 1. The monoisotopic (exact) mass is 362 g/mol. The molecule has 6 nitrogen and oxygen atoms in total. The van der Waals surface area contributed by atoms with Gasteiger partial charge < -0.3 is 14.5 Å². The number of esters is 1. The molecule has 0 aromatic carbocycles. The van der Waals surface area contributed by atoms with Crippen molar-refractivity contribution >= 4 is 39.6 Å². The summed E-state index contributed by atoms with van der Waals surface area (Å²) in [7, 11) is 0. The third-order valence-corrected chi connectivity index (χ3v) is 5.06. The highest BCUT2D eigenvalue weighted by Crippen LogP contribution is 2.24. The fourth-order valence-electron chi connectivity index (χ4n) is 1.88. The lowest BCUT2D eigenvalue weighted by atomic mass is 10.4. The van der Waals surface area contributed by atoms with E-state index in [9.17, 15) is 9.59 Å². The first kappa shape index (κ1) is 16.4. The van der Waals surface area contributed by atoms with Gasteiger partial charge in [-0.1, -0.05) is 6.92 Å². The Bertz CT molecular complexity index is 836. The Morgan fingerprint density at radius 3 is 2.92 bits per heavy atom. The minimum Gasteiger partial charge on any atom is -0.459 e. The van der Waals surface area contributed by atoms with Gasteiger partial charge in [-0.15, -0.1) is 22.7 Å². The van der Waals surface area contributed by atoms with Gasteiger partial charge in [-0.2, -0.15) is 0 Å². The maximum atomic E-state index is 12.1. The Morgan fingerprint density at radius 1 is 1.33 bits per heavy atom. The molecule has 3 aromatic heterocycles. The van der Waals surface area contributed by atoms with Crippen LogP contribution in [0.2, 0.25) is 0 Å². The number of thiazole rings is 1. The Balaban J connectivity index is 1.56. The predicted octanol–water partition coefficient (Wildman–Crippen LogP) is 3.97. The third kappa shape index (κ3) is 3.90. The maximum Gasteiger partial charge on any atom is 0.348 e. The molecular weight excluding hydrogens is 348 g/mol. The van der Waals surface area contributed by atoms with Gasteiger partial charge in [0.2, 0.25) is 0 Å². The summed E-state index contributed by atoms with van der Waals surface area (Å²) in [6.45, 7) is 2.17. The number of carbonyl (C=O) groups is 2. The fraction of sp³-hybridized carbons (Fsp3) is 0.188. The normalized spacial score (nSPS) is 10.5. The summed E-state index contributed by atoms with van der Waals surface area (Å²) in [6.07, 6.45) is 2.29. The summed E-state index contributed by atoms with van der Waals surface area (Å²) in [4.78, 5) is 28.7. The molecule has 0 saturated heterocycles. The van der Waals surface area contributed by atoms with E-state index in [4.69, 9.17) is 9.15 Å². The topological polar surface area (TPSA) is 81.4 Å². The summed E-state index contributed by atoms with van der Waals surface area (Å²) in [5, 5.41) is 6.12. The van der Waals surface area contributed by atoms with Crippen LogP contribution < -0.4 is 5.32 Å². The zero-order valence-corrected chi connectivity index (χ0v) is 14.4. The average Bonchev–Trinajstić information content (AvgIpc) is 3.32. The number of amides is 1. The van der Waals surface area contributed by atoms with Crippen LogP contribution >= 0.6 is 22.7 Å². The van der Waals surface area contributed by atoms with Crippen molar-refractivity contribution in [2.24, 2.45) is 0 Å². The second-order valence-corrected chi connectivity index (χ2v) is 6.78. The molecule has 0 saturated carbocycles. The van der Waals surface area contributed by atoms with Gasteiger partial charge >= 0.3 is 5.97 Å². The molecule has 0 bridgehead atoms. The fourth-order valence-corrected chi connectivity index (χ4v) is 3.41. The van der Waals surface area contributed by atoms with E-state index in [1.54, 1.807) is 35.6 Å². The molecule has 0 unspecified atom stereocenters. The smallest absolute Gasteiger partial charge is 0.348 e. The molecular formula is C16H14N2O4S2. The van der Waals surface area contributed by atoms with E-state index in [0.717, 1.165) is 28.5 Å². The third-order valence-electron chi connectivity index (χ3n) is 3.04. The van der Waals surface area contributed by atoms with Crippen LogP contribution in [0.15, 0.2) is 40.3 Å². The second kappa shape index (κ2) is 7.41. The SMILES string of the molecule is CCc1nc(COC(=O)c2ccc(NC(=O)c3ccco3)s2)cs1. The number of hydrogen-bond acceptors (Lipinski definition) is 7. The summed E-state index contributed by atoms with van der Waals surface area (Å²) in [6, 6.07) is 6.47. The Morgan fingerprint density at radius 2 is 2.21 bits per heavy atom. The van der Waals surface area contributed by atoms with Crippen LogP contribution in [0.4, 0.5) is 5.00 Å². The lowest BCUT2D eigenvalue weighted by molar-refractivity contribution is 0.0474. The van der Waals surface area contributed by atoms with E-state index in [1.165, 1.54) is 6.26 Å². The predicted molar refractivity (Wildman–Crippen MR) is 91.6 cm³/mol. The van der Waals surface area contributed by atoms with Crippen LogP contribution in [-0.2, 0) is 17.8 Å². The van der Waals surface area contributed by atoms with Crippen molar-refractivity contribution in [3.8, 4) is 0 Å². The minimum absolute atomic E-state index is 0.140. The molecule has 1 amide bonds. The first-order valence-electron chi connectivity index (χ1n) is 7.21. The second-order valence-electron chi connectivity index (χ2n) is 4.76. The molecule has 3 heterocycles. The molecule has 3 aromatic rings. The summed E-state index contributed by atoms with van der Waals surface area (Å²) < 4.78 is 10.3. The quantitative estimate of drug-likeness (QED) is 0.671. The van der Waals surface area contributed by atoms with Crippen LogP contribution in [0.25, 0.3) is 0 Å². The van der Waals surface area contributed by atoms with Crippen LogP contribution in [-0.4, -0.2) is 16.9 Å². The number of thiophene rings is 1. The highest BCUT2D eigenvalue weighted by atomic mass is 32.1. The Hall–Kier alpha value is -2.45. The van der Waals surface area contributed by atoms with Crippen molar-refractivity contribution in [3.63, 3.8) is 0 Å². The van der Waals surface area contributed by atoms with Crippen molar-refractivity contribution < 1.29 is 18.7 Å². The number of aromatic nitrogens is 1. The molecule has 0 aliphatic heterocycles. The lowest BCUT2D eigenvalue weighted by Crippen LogP contribution is -2.09. The number of hydrogen-bond donors (Lipinski definition) is 1. The lowest BCUT2D eigenvalue weighted by Gasteiger charge is -2.00. The number of nitrogens with zero attached hydrogens (tertiary/aromatic N) is 1. The zero-order valence-electron chi connectivity index (χ0n) is 12.8. The molecule has 24 heavy (non-hydrogen) atoms. The standard InChI is InChI=1S/C16H14N2O4S2/c1-2-13-17-10(9-23-13)8-22-16(20)12-5-6-14(24-12)18-15(19)11-4-3-7-21-11/h3-7,9H,2,8H2,1H3,(H,18,19). The van der Waals surface area contributed by atoms with E-state index in [0.29, 0.717) is 9.88 Å². The highest BCUT2D eigenvalue weighted by Gasteiger charge is 2.14. The molecule has 8 heteroatoms. The molecule has 0 aliphatic carbocycles. The van der Waals surface area contributed by atoms with Crippen LogP contribution in [0, 0.1) is 0 Å². The highest BCUT2D eigenvalue weighted by molar-refractivity contribution is 7.18. The van der Waals surface area contributed by atoms with E-state index in [1.807, 2.05) is 12.3 Å². The summed E-state index contributed by atoms with van der Waals surface area (Å²) in [5.41, 5.74) is 0.744. The Labute approximate surface area is 146 Å². The molecule has 1 N–H and O–H groups in total. The summed E-state index contributed by atoms with van der Waals surface area (Å²) >= 11 is 2.70. The van der Waals surface area contributed by atoms with Gasteiger partial charge in [0, 0.05) is 5.38 Å².